The van der Waals surface area contributed by atoms with Gasteiger partial charge in [0.2, 0.25) is 0 Å². The number of likely N-dealkylation sites (tertiary alicyclic amines) is 1. The van der Waals surface area contributed by atoms with Gasteiger partial charge in [-0.1, -0.05) is 34.1 Å². The van der Waals surface area contributed by atoms with Crippen LogP contribution < -0.4 is 5.32 Å². The molecule has 1 N–H and O–H groups in total. The monoisotopic (exact) mass is 254 g/mol. The zero-order valence-electron chi connectivity index (χ0n) is 13.1. The maximum Gasteiger partial charge on any atom is 0.0107 e. The molecule has 0 unspecified atom stereocenters. The van der Waals surface area contributed by atoms with Crippen LogP contribution in [0, 0.1) is 11.3 Å². The van der Waals surface area contributed by atoms with Crippen LogP contribution in [0.15, 0.2) is 0 Å². The van der Waals surface area contributed by atoms with Gasteiger partial charge in [0.15, 0.2) is 0 Å². The predicted octanol–water partition coefficient (Wildman–Crippen LogP) is 3.52. The van der Waals surface area contributed by atoms with E-state index in [9.17, 15) is 0 Å². The molecule has 1 aliphatic heterocycles. The molecule has 1 rings (SSSR count). The molecule has 2 nitrogen and oxygen atoms in total. The van der Waals surface area contributed by atoms with Crippen molar-refractivity contribution < 1.29 is 0 Å². The summed E-state index contributed by atoms with van der Waals surface area (Å²) in [5.74, 6) is 0.848. The predicted molar refractivity (Wildman–Crippen MR) is 81.0 cm³/mol. The lowest BCUT2D eigenvalue weighted by Gasteiger charge is -2.38. The SMILES string of the molecule is CCC1(C)CCN(CCNCCCC(C)C)CC1. The Balaban J connectivity index is 1.98. The van der Waals surface area contributed by atoms with E-state index in [-0.39, 0.29) is 0 Å². The van der Waals surface area contributed by atoms with E-state index in [1.54, 1.807) is 0 Å². The largest absolute Gasteiger partial charge is 0.315 e. The summed E-state index contributed by atoms with van der Waals surface area (Å²) < 4.78 is 0. The standard InChI is InChI=1S/C16H34N2/c1-5-16(4)8-12-18(13-9-16)14-11-17-10-6-7-15(2)3/h15,17H,5-14H2,1-4H3. The highest BCUT2D eigenvalue weighted by molar-refractivity contribution is 4.81. The molecule has 0 bridgehead atoms. The highest BCUT2D eigenvalue weighted by Crippen LogP contribution is 2.33. The van der Waals surface area contributed by atoms with E-state index >= 15 is 0 Å². The van der Waals surface area contributed by atoms with Crippen molar-refractivity contribution in [3.8, 4) is 0 Å². The third-order valence-corrected chi connectivity index (χ3v) is 4.66. The molecule has 0 aliphatic carbocycles. The summed E-state index contributed by atoms with van der Waals surface area (Å²) in [6.07, 6.45) is 6.79. The summed E-state index contributed by atoms with van der Waals surface area (Å²) in [5, 5.41) is 3.58. The Hall–Kier alpha value is -0.0800. The average Bonchev–Trinajstić information content (AvgIpc) is 2.35. The lowest BCUT2D eigenvalue weighted by Crippen LogP contribution is -2.41. The maximum atomic E-state index is 3.58. The second kappa shape index (κ2) is 8.16. The molecule has 0 aromatic heterocycles. The van der Waals surface area contributed by atoms with Crippen molar-refractivity contribution in [1.29, 1.82) is 0 Å². The summed E-state index contributed by atoms with van der Waals surface area (Å²) in [7, 11) is 0. The topological polar surface area (TPSA) is 15.3 Å². The first-order valence-electron chi connectivity index (χ1n) is 7.99. The Labute approximate surface area is 115 Å². The second-order valence-electron chi connectivity index (χ2n) is 6.79. The summed E-state index contributed by atoms with van der Waals surface area (Å²) >= 11 is 0. The second-order valence-corrected chi connectivity index (χ2v) is 6.79. The van der Waals surface area contributed by atoms with E-state index in [4.69, 9.17) is 0 Å². The summed E-state index contributed by atoms with van der Waals surface area (Å²) in [6, 6.07) is 0. The minimum absolute atomic E-state index is 0.626. The third-order valence-electron chi connectivity index (χ3n) is 4.66. The van der Waals surface area contributed by atoms with Crippen LogP contribution in [0.5, 0.6) is 0 Å². The fraction of sp³-hybridized carbons (Fsp3) is 1.00. The first-order chi connectivity index (χ1) is 8.56. The van der Waals surface area contributed by atoms with Crippen molar-refractivity contribution in [2.45, 2.75) is 59.8 Å². The molecule has 1 heterocycles. The summed E-state index contributed by atoms with van der Waals surface area (Å²) in [5.41, 5.74) is 0.626. The molecular weight excluding hydrogens is 220 g/mol. The van der Waals surface area contributed by atoms with Gasteiger partial charge in [-0.25, -0.2) is 0 Å². The number of nitrogens with one attached hydrogen (secondary N) is 1. The zero-order chi connectivity index (χ0) is 13.4. The Bertz CT molecular complexity index is 205. The van der Waals surface area contributed by atoms with Gasteiger partial charge in [0.25, 0.3) is 0 Å². The van der Waals surface area contributed by atoms with E-state index in [0.29, 0.717) is 5.41 Å². The zero-order valence-corrected chi connectivity index (χ0v) is 13.1. The van der Waals surface area contributed by atoms with Crippen molar-refractivity contribution in [1.82, 2.24) is 10.2 Å². The fourth-order valence-corrected chi connectivity index (χ4v) is 2.67. The number of rotatable bonds is 8. The van der Waals surface area contributed by atoms with Crippen LogP contribution in [0.25, 0.3) is 0 Å². The number of nitrogens with zero attached hydrogens (tertiary/aromatic N) is 1. The van der Waals surface area contributed by atoms with Crippen molar-refractivity contribution in [3.05, 3.63) is 0 Å². The van der Waals surface area contributed by atoms with E-state index in [0.717, 1.165) is 5.92 Å². The molecule has 1 fully saturated rings. The minimum atomic E-state index is 0.626. The Morgan fingerprint density at radius 1 is 1.17 bits per heavy atom. The Kier molecular flexibility index (Phi) is 7.25. The number of hydrogen-bond donors (Lipinski definition) is 1. The molecule has 1 saturated heterocycles. The Morgan fingerprint density at radius 3 is 2.39 bits per heavy atom. The van der Waals surface area contributed by atoms with Crippen LogP contribution in [-0.4, -0.2) is 37.6 Å². The fourth-order valence-electron chi connectivity index (χ4n) is 2.67. The molecular formula is C16H34N2. The quantitative estimate of drug-likeness (QED) is 0.667. The summed E-state index contributed by atoms with van der Waals surface area (Å²) in [4.78, 5) is 2.63. The molecule has 1 aliphatic rings. The average molecular weight is 254 g/mol. The summed E-state index contributed by atoms with van der Waals surface area (Å²) in [6.45, 7) is 15.6. The van der Waals surface area contributed by atoms with Gasteiger partial charge in [-0.05, 0) is 56.7 Å². The van der Waals surface area contributed by atoms with Gasteiger partial charge in [0.1, 0.15) is 0 Å². The van der Waals surface area contributed by atoms with E-state index in [2.05, 4.69) is 37.9 Å². The van der Waals surface area contributed by atoms with Crippen LogP contribution in [0.4, 0.5) is 0 Å². The van der Waals surface area contributed by atoms with Gasteiger partial charge in [0.05, 0.1) is 0 Å². The molecule has 108 valence electrons. The molecule has 0 radical (unpaired) electrons. The van der Waals surface area contributed by atoms with Crippen molar-refractivity contribution in [2.24, 2.45) is 11.3 Å². The van der Waals surface area contributed by atoms with Crippen molar-refractivity contribution in [2.75, 3.05) is 32.7 Å². The molecule has 0 aromatic rings. The Morgan fingerprint density at radius 2 is 1.83 bits per heavy atom. The van der Waals surface area contributed by atoms with Crippen molar-refractivity contribution >= 4 is 0 Å². The van der Waals surface area contributed by atoms with Crippen LogP contribution in [0.1, 0.15) is 59.8 Å². The molecule has 0 aromatic carbocycles. The van der Waals surface area contributed by atoms with Crippen LogP contribution in [0.3, 0.4) is 0 Å². The van der Waals surface area contributed by atoms with Gasteiger partial charge in [0, 0.05) is 13.1 Å². The van der Waals surface area contributed by atoms with Crippen LogP contribution in [0.2, 0.25) is 0 Å². The van der Waals surface area contributed by atoms with Gasteiger partial charge in [-0.15, -0.1) is 0 Å². The molecule has 0 atom stereocenters. The first-order valence-corrected chi connectivity index (χ1v) is 7.99. The lowest BCUT2D eigenvalue weighted by atomic mass is 9.78. The van der Waals surface area contributed by atoms with Gasteiger partial charge >= 0.3 is 0 Å². The van der Waals surface area contributed by atoms with E-state index < -0.39 is 0 Å². The first kappa shape index (κ1) is 16.0. The van der Waals surface area contributed by atoms with Crippen LogP contribution >= 0.6 is 0 Å². The van der Waals surface area contributed by atoms with Crippen LogP contribution in [-0.2, 0) is 0 Å². The number of hydrogen-bond acceptors (Lipinski definition) is 2. The molecule has 0 amide bonds. The minimum Gasteiger partial charge on any atom is -0.315 e. The van der Waals surface area contributed by atoms with Crippen molar-refractivity contribution in [3.63, 3.8) is 0 Å². The third kappa shape index (κ3) is 6.19. The van der Waals surface area contributed by atoms with E-state index in [1.165, 1.54) is 64.8 Å². The molecule has 0 saturated carbocycles. The highest BCUT2D eigenvalue weighted by atomic mass is 15.1. The maximum absolute atomic E-state index is 3.58. The highest BCUT2D eigenvalue weighted by Gasteiger charge is 2.27. The number of piperidine rings is 1. The smallest absolute Gasteiger partial charge is 0.0107 e. The van der Waals surface area contributed by atoms with E-state index in [1.807, 2.05) is 0 Å². The normalized spacial score (nSPS) is 20.5. The molecule has 18 heavy (non-hydrogen) atoms. The van der Waals surface area contributed by atoms with Gasteiger partial charge in [-0.2, -0.15) is 0 Å². The van der Waals surface area contributed by atoms with Gasteiger partial charge < -0.3 is 10.2 Å². The molecule has 0 spiro atoms. The van der Waals surface area contributed by atoms with Gasteiger partial charge in [-0.3, -0.25) is 0 Å². The lowest BCUT2D eigenvalue weighted by molar-refractivity contribution is 0.115. The molecule has 2 heteroatoms.